The second kappa shape index (κ2) is 6.64. The van der Waals surface area contributed by atoms with Gasteiger partial charge in [-0.2, -0.15) is 15.0 Å². The van der Waals surface area contributed by atoms with Crippen molar-refractivity contribution in [2.45, 2.75) is 13.3 Å². The highest BCUT2D eigenvalue weighted by Crippen LogP contribution is 2.10. The SMILES string of the molecule is CCOc1nc(NC)nc(NCCc2nncn2C)n1. The van der Waals surface area contributed by atoms with Crippen LogP contribution in [0.15, 0.2) is 6.33 Å². The maximum atomic E-state index is 5.29. The Hall–Kier alpha value is -2.45. The van der Waals surface area contributed by atoms with E-state index in [1.807, 2.05) is 18.5 Å². The number of aromatic nitrogens is 6. The monoisotopic (exact) mass is 278 g/mol. The molecule has 0 fully saturated rings. The number of rotatable bonds is 7. The van der Waals surface area contributed by atoms with Gasteiger partial charge in [-0.25, -0.2) is 0 Å². The molecule has 0 bridgehead atoms. The quantitative estimate of drug-likeness (QED) is 0.735. The van der Waals surface area contributed by atoms with Gasteiger partial charge < -0.3 is 19.9 Å². The molecule has 0 radical (unpaired) electrons. The lowest BCUT2D eigenvalue weighted by molar-refractivity contribution is 0.312. The second-order valence-electron chi connectivity index (χ2n) is 3.98. The number of hydrogen-bond acceptors (Lipinski definition) is 8. The first-order chi connectivity index (χ1) is 9.72. The molecule has 2 heterocycles. The van der Waals surface area contributed by atoms with E-state index < -0.39 is 0 Å². The van der Waals surface area contributed by atoms with Crippen molar-refractivity contribution in [1.82, 2.24) is 29.7 Å². The van der Waals surface area contributed by atoms with Crippen LogP contribution in [0.3, 0.4) is 0 Å². The van der Waals surface area contributed by atoms with Crippen molar-refractivity contribution in [2.24, 2.45) is 7.05 Å². The van der Waals surface area contributed by atoms with Crippen LogP contribution in [-0.2, 0) is 13.5 Å². The molecule has 0 aliphatic rings. The fourth-order valence-corrected chi connectivity index (χ4v) is 1.56. The van der Waals surface area contributed by atoms with Gasteiger partial charge in [-0.05, 0) is 6.92 Å². The Morgan fingerprint density at radius 3 is 2.70 bits per heavy atom. The van der Waals surface area contributed by atoms with Crippen molar-refractivity contribution in [1.29, 1.82) is 0 Å². The third-order valence-electron chi connectivity index (χ3n) is 2.55. The highest BCUT2D eigenvalue weighted by Gasteiger charge is 2.06. The molecular formula is C11H18N8O. The van der Waals surface area contributed by atoms with Crippen LogP contribution in [0.1, 0.15) is 12.7 Å². The Bertz CT molecular complexity index is 555. The number of ether oxygens (including phenoxy) is 1. The van der Waals surface area contributed by atoms with Gasteiger partial charge in [-0.3, -0.25) is 0 Å². The van der Waals surface area contributed by atoms with E-state index in [-0.39, 0.29) is 0 Å². The topological polar surface area (TPSA) is 103 Å². The smallest absolute Gasteiger partial charge is 0.323 e. The molecule has 0 aliphatic heterocycles. The number of aryl methyl sites for hydroxylation is 1. The molecule has 20 heavy (non-hydrogen) atoms. The molecule has 0 amide bonds. The lowest BCUT2D eigenvalue weighted by Gasteiger charge is -2.08. The van der Waals surface area contributed by atoms with Gasteiger partial charge in [0, 0.05) is 27.1 Å². The van der Waals surface area contributed by atoms with Gasteiger partial charge >= 0.3 is 6.01 Å². The van der Waals surface area contributed by atoms with Crippen LogP contribution in [0.4, 0.5) is 11.9 Å². The summed E-state index contributed by atoms with van der Waals surface area (Å²) in [6.45, 7) is 3.03. The Balaban J connectivity index is 1.97. The Morgan fingerprint density at radius 1 is 1.25 bits per heavy atom. The predicted molar refractivity (Wildman–Crippen MR) is 73.7 cm³/mol. The molecular weight excluding hydrogens is 260 g/mol. The van der Waals surface area contributed by atoms with E-state index in [4.69, 9.17) is 4.74 Å². The average molecular weight is 278 g/mol. The maximum Gasteiger partial charge on any atom is 0.323 e. The molecule has 0 saturated heterocycles. The Labute approximate surface area is 116 Å². The fraction of sp³-hybridized carbons (Fsp3) is 0.545. The molecule has 9 nitrogen and oxygen atoms in total. The standard InChI is InChI=1S/C11H18N8O/c1-4-20-11-16-9(12-2)15-10(17-11)13-6-5-8-18-14-7-19(8)3/h7H,4-6H2,1-3H3,(H2,12,13,15,16,17). The van der Waals surface area contributed by atoms with E-state index >= 15 is 0 Å². The highest BCUT2D eigenvalue weighted by atomic mass is 16.5. The minimum atomic E-state index is 0.299. The molecule has 0 spiro atoms. The van der Waals surface area contributed by atoms with Crippen LogP contribution in [-0.4, -0.2) is 49.9 Å². The summed E-state index contributed by atoms with van der Waals surface area (Å²) in [5.74, 6) is 1.82. The summed E-state index contributed by atoms with van der Waals surface area (Å²) < 4.78 is 7.17. The number of nitrogens with one attached hydrogen (secondary N) is 2. The maximum absolute atomic E-state index is 5.29. The summed E-state index contributed by atoms with van der Waals surface area (Å²) in [4.78, 5) is 12.5. The zero-order valence-corrected chi connectivity index (χ0v) is 11.8. The van der Waals surface area contributed by atoms with E-state index in [9.17, 15) is 0 Å². The molecule has 0 aliphatic carbocycles. The molecule has 2 rings (SSSR count). The largest absolute Gasteiger partial charge is 0.464 e. The van der Waals surface area contributed by atoms with E-state index in [0.29, 0.717) is 31.1 Å². The summed E-state index contributed by atoms with van der Waals surface area (Å²) in [5, 5.41) is 13.8. The lowest BCUT2D eigenvalue weighted by atomic mass is 10.4. The zero-order valence-electron chi connectivity index (χ0n) is 11.8. The molecule has 2 aromatic heterocycles. The van der Waals surface area contributed by atoms with Crippen molar-refractivity contribution in [3.8, 4) is 6.01 Å². The van der Waals surface area contributed by atoms with E-state index in [1.165, 1.54) is 0 Å². The van der Waals surface area contributed by atoms with Crippen LogP contribution in [0.25, 0.3) is 0 Å². The molecule has 0 atom stereocenters. The van der Waals surface area contributed by atoms with Crippen molar-refractivity contribution in [3.05, 3.63) is 12.2 Å². The van der Waals surface area contributed by atoms with E-state index in [1.54, 1.807) is 13.4 Å². The number of anilines is 2. The Kier molecular flexibility index (Phi) is 4.64. The van der Waals surface area contributed by atoms with Crippen LogP contribution in [0.2, 0.25) is 0 Å². The molecule has 2 aromatic rings. The molecule has 0 aromatic carbocycles. The molecule has 0 unspecified atom stereocenters. The third kappa shape index (κ3) is 3.53. The van der Waals surface area contributed by atoms with Gasteiger partial charge in [0.2, 0.25) is 11.9 Å². The van der Waals surface area contributed by atoms with Crippen LogP contribution >= 0.6 is 0 Å². The zero-order chi connectivity index (χ0) is 14.4. The van der Waals surface area contributed by atoms with Gasteiger partial charge in [-0.15, -0.1) is 10.2 Å². The fourth-order valence-electron chi connectivity index (χ4n) is 1.56. The van der Waals surface area contributed by atoms with Crippen LogP contribution < -0.4 is 15.4 Å². The summed E-state index contributed by atoms with van der Waals surface area (Å²) in [5.41, 5.74) is 0. The van der Waals surface area contributed by atoms with Crippen LogP contribution in [0.5, 0.6) is 6.01 Å². The molecule has 9 heteroatoms. The molecule has 108 valence electrons. The minimum Gasteiger partial charge on any atom is -0.464 e. The van der Waals surface area contributed by atoms with Crippen molar-refractivity contribution >= 4 is 11.9 Å². The Morgan fingerprint density at radius 2 is 2.05 bits per heavy atom. The number of nitrogens with zero attached hydrogens (tertiary/aromatic N) is 6. The highest BCUT2D eigenvalue weighted by molar-refractivity contribution is 5.35. The second-order valence-corrected chi connectivity index (χ2v) is 3.98. The summed E-state index contributed by atoms with van der Waals surface area (Å²) in [6.07, 6.45) is 2.39. The van der Waals surface area contributed by atoms with E-state index in [0.717, 1.165) is 12.2 Å². The third-order valence-corrected chi connectivity index (χ3v) is 2.55. The first-order valence-electron chi connectivity index (χ1n) is 6.36. The van der Waals surface area contributed by atoms with Gasteiger partial charge in [0.05, 0.1) is 6.61 Å². The van der Waals surface area contributed by atoms with Gasteiger partial charge in [0.1, 0.15) is 12.2 Å². The predicted octanol–water partition coefficient (Wildman–Crippen LogP) is 0.0951. The first kappa shape index (κ1) is 14.0. The molecule has 0 saturated carbocycles. The van der Waals surface area contributed by atoms with Crippen molar-refractivity contribution in [2.75, 3.05) is 30.8 Å². The van der Waals surface area contributed by atoms with Gasteiger partial charge in [0.25, 0.3) is 0 Å². The number of hydrogen-bond donors (Lipinski definition) is 2. The van der Waals surface area contributed by atoms with Gasteiger partial charge in [0.15, 0.2) is 0 Å². The van der Waals surface area contributed by atoms with Crippen molar-refractivity contribution < 1.29 is 4.74 Å². The first-order valence-corrected chi connectivity index (χ1v) is 6.36. The molecule has 2 N–H and O–H groups in total. The van der Waals surface area contributed by atoms with E-state index in [2.05, 4.69) is 35.8 Å². The minimum absolute atomic E-state index is 0.299. The summed E-state index contributed by atoms with van der Waals surface area (Å²) >= 11 is 0. The van der Waals surface area contributed by atoms with Crippen LogP contribution in [0, 0.1) is 0 Å². The normalized spacial score (nSPS) is 10.3. The summed E-state index contributed by atoms with van der Waals surface area (Å²) in [7, 11) is 3.65. The summed E-state index contributed by atoms with van der Waals surface area (Å²) in [6, 6.07) is 0.299. The van der Waals surface area contributed by atoms with Crippen molar-refractivity contribution in [3.63, 3.8) is 0 Å². The van der Waals surface area contributed by atoms with Gasteiger partial charge in [-0.1, -0.05) is 0 Å². The average Bonchev–Trinajstić information content (AvgIpc) is 2.84. The lowest BCUT2D eigenvalue weighted by Crippen LogP contribution is -2.13.